The first-order chi connectivity index (χ1) is 11.1. The topological polar surface area (TPSA) is 89.8 Å². The van der Waals surface area contributed by atoms with Crippen molar-refractivity contribution in [2.75, 3.05) is 0 Å². The summed E-state index contributed by atoms with van der Waals surface area (Å²) in [6, 6.07) is 14.0. The highest BCUT2D eigenvalue weighted by atomic mass is 79.9. The molecular formula is C17H10BrN3O2. The number of aliphatic hydroxyl groups excluding tert-OH is 1. The summed E-state index contributed by atoms with van der Waals surface area (Å²) in [6.45, 7) is 0. The van der Waals surface area contributed by atoms with Gasteiger partial charge in [-0.1, -0.05) is 34.1 Å². The van der Waals surface area contributed by atoms with Gasteiger partial charge in [-0.15, -0.1) is 0 Å². The lowest BCUT2D eigenvalue weighted by Gasteiger charge is -2.04. The van der Waals surface area contributed by atoms with Crippen molar-refractivity contribution in [1.29, 1.82) is 5.26 Å². The maximum Gasteiger partial charge on any atom is 0.274 e. The van der Waals surface area contributed by atoms with Crippen LogP contribution in [0.4, 0.5) is 0 Å². The number of aliphatic hydroxyl groups is 1. The monoisotopic (exact) mass is 367 g/mol. The molecule has 5 nitrogen and oxygen atoms in total. The fourth-order valence-electron chi connectivity index (χ4n) is 2.14. The number of nitriles is 1. The van der Waals surface area contributed by atoms with E-state index < -0.39 is 5.56 Å². The van der Waals surface area contributed by atoms with Crippen LogP contribution in [0.1, 0.15) is 16.8 Å². The number of fused-ring (bicyclic) bond motifs is 1. The standard InChI is InChI=1S/C17H10BrN3O2/c18-12-4-2-1-3-11(12)16(22)8-15-17(23)21-13-6-5-10(9-19)7-14(13)20-15/h1-8,22H,(H,21,23)/b16-8-. The Morgan fingerprint density at radius 3 is 2.83 bits per heavy atom. The zero-order chi connectivity index (χ0) is 16.4. The summed E-state index contributed by atoms with van der Waals surface area (Å²) in [4.78, 5) is 19.0. The molecule has 0 radical (unpaired) electrons. The van der Waals surface area contributed by atoms with Gasteiger partial charge >= 0.3 is 0 Å². The van der Waals surface area contributed by atoms with Crippen LogP contribution in [-0.2, 0) is 0 Å². The van der Waals surface area contributed by atoms with Gasteiger partial charge in [0.1, 0.15) is 11.5 Å². The van der Waals surface area contributed by atoms with Crippen LogP contribution in [0, 0.1) is 11.3 Å². The van der Waals surface area contributed by atoms with Crippen LogP contribution in [-0.4, -0.2) is 15.1 Å². The van der Waals surface area contributed by atoms with Crippen molar-refractivity contribution < 1.29 is 5.11 Å². The number of nitrogens with zero attached hydrogens (tertiary/aromatic N) is 2. The first-order valence-electron chi connectivity index (χ1n) is 6.68. The average Bonchev–Trinajstić information content (AvgIpc) is 2.55. The van der Waals surface area contributed by atoms with Gasteiger partial charge in [-0.3, -0.25) is 4.79 Å². The van der Waals surface area contributed by atoms with Crippen molar-refractivity contribution in [1.82, 2.24) is 9.97 Å². The van der Waals surface area contributed by atoms with Gasteiger partial charge in [0.15, 0.2) is 0 Å². The Morgan fingerprint density at radius 2 is 2.09 bits per heavy atom. The molecule has 1 aromatic heterocycles. The second-order valence-corrected chi connectivity index (χ2v) is 5.66. The quantitative estimate of drug-likeness (QED) is 0.676. The summed E-state index contributed by atoms with van der Waals surface area (Å²) >= 11 is 3.34. The molecule has 0 saturated heterocycles. The van der Waals surface area contributed by atoms with Gasteiger partial charge in [-0.05, 0) is 24.3 Å². The van der Waals surface area contributed by atoms with Crippen LogP contribution in [0.25, 0.3) is 22.9 Å². The van der Waals surface area contributed by atoms with Gasteiger partial charge in [0.25, 0.3) is 5.56 Å². The van der Waals surface area contributed by atoms with Crippen molar-refractivity contribution in [3.05, 3.63) is 74.1 Å². The summed E-state index contributed by atoms with van der Waals surface area (Å²) in [5.41, 5.74) is 1.67. The average molecular weight is 368 g/mol. The van der Waals surface area contributed by atoms with Crippen LogP contribution < -0.4 is 5.56 Å². The predicted molar refractivity (Wildman–Crippen MR) is 91.7 cm³/mol. The SMILES string of the molecule is N#Cc1ccc2[nH]c(=O)c(/C=C(\O)c3ccccc3Br)nc2c1. The van der Waals surface area contributed by atoms with Crippen LogP contribution in [0.15, 0.2) is 51.7 Å². The first-order valence-corrected chi connectivity index (χ1v) is 7.47. The van der Waals surface area contributed by atoms with Crippen molar-refractivity contribution in [2.24, 2.45) is 0 Å². The molecule has 6 heteroatoms. The molecule has 0 unspecified atom stereocenters. The van der Waals surface area contributed by atoms with E-state index in [0.29, 0.717) is 26.6 Å². The first kappa shape index (κ1) is 15.0. The number of aromatic amines is 1. The molecule has 0 aliphatic heterocycles. The summed E-state index contributed by atoms with van der Waals surface area (Å²) in [5.74, 6) is -0.0775. The molecular weight excluding hydrogens is 358 g/mol. The Balaban J connectivity index is 2.14. The number of hydrogen-bond acceptors (Lipinski definition) is 4. The molecule has 0 fully saturated rings. The minimum Gasteiger partial charge on any atom is -0.507 e. The van der Waals surface area contributed by atoms with E-state index >= 15 is 0 Å². The lowest BCUT2D eigenvalue weighted by atomic mass is 10.1. The summed E-state index contributed by atoms with van der Waals surface area (Å²) < 4.78 is 0.706. The van der Waals surface area contributed by atoms with E-state index in [1.807, 2.05) is 12.1 Å². The number of rotatable bonds is 2. The van der Waals surface area contributed by atoms with Crippen molar-refractivity contribution >= 4 is 38.8 Å². The molecule has 1 heterocycles. The molecule has 0 spiro atoms. The summed E-state index contributed by atoms with van der Waals surface area (Å²) in [6.07, 6.45) is 1.30. The van der Waals surface area contributed by atoms with Gasteiger partial charge < -0.3 is 10.1 Å². The number of halogens is 1. The Hall–Kier alpha value is -2.91. The van der Waals surface area contributed by atoms with Gasteiger partial charge in [0.2, 0.25) is 0 Å². The third-order valence-electron chi connectivity index (χ3n) is 3.27. The lowest BCUT2D eigenvalue weighted by Crippen LogP contribution is -2.12. The zero-order valence-electron chi connectivity index (χ0n) is 11.7. The van der Waals surface area contributed by atoms with Crippen molar-refractivity contribution in [3.63, 3.8) is 0 Å². The van der Waals surface area contributed by atoms with E-state index in [1.54, 1.807) is 36.4 Å². The predicted octanol–water partition coefficient (Wildman–Crippen LogP) is 3.61. The molecule has 2 aromatic carbocycles. The maximum absolute atomic E-state index is 12.1. The highest BCUT2D eigenvalue weighted by molar-refractivity contribution is 9.10. The summed E-state index contributed by atoms with van der Waals surface area (Å²) in [7, 11) is 0. The molecule has 0 atom stereocenters. The Labute approximate surface area is 139 Å². The third kappa shape index (κ3) is 3.00. The molecule has 0 aliphatic carbocycles. The van der Waals surface area contributed by atoms with E-state index in [9.17, 15) is 9.90 Å². The van der Waals surface area contributed by atoms with E-state index in [2.05, 4.69) is 25.9 Å². The molecule has 0 aliphatic rings. The van der Waals surface area contributed by atoms with Crippen LogP contribution >= 0.6 is 15.9 Å². The molecule has 3 rings (SSSR count). The fourth-order valence-corrected chi connectivity index (χ4v) is 2.63. The number of hydrogen-bond donors (Lipinski definition) is 2. The number of H-pyrrole nitrogens is 1. The van der Waals surface area contributed by atoms with Crippen LogP contribution in [0.3, 0.4) is 0 Å². The molecule has 0 amide bonds. The highest BCUT2D eigenvalue weighted by Crippen LogP contribution is 2.23. The van der Waals surface area contributed by atoms with Crippen molar-refractivity contribution in [2.45, 2.75) is 0 Å². The fraction of sp³-hybridized carbons (Fsp3) is 0. The minimum atomic E-state index is -0.416. The summed E-state index contributed by atoms with van der Waals surface area (Å²) in [5, 5.41) is 19.2. The number of benzene rings is 2. The largest absolute Gasteiger partial charge is 0.507 e. The minimum absolute atomic E-state index is 0.0702. The lowest BCUT2D eigenvalue weighted by molar-refractivity contribution is 0.515. The molecule has 0 saturated carbocycles. The zero-order valence-corrected chi connectivity index (χ0v) is 13.3. The van der Waals surface area contributed by atoms with E-state index in [4.69, 9.17) is 5.26 Å². The van der Waals surface area contributed by atoms with Gasteiger partial charge in [-0.25, -0.2) is 4.98 Å². The number of nitrogens with one attached hydrogen (secondary N) is 1. The normalized spacial score (nSPS) is 11.4. The van der Waals surface area contributed by atoms with Crippen molar-refractivity contribution in [3.8, 4) is 6.07 Å². The van der Waals surface area contributed by atoms with E-state index in [1.165, 1.54) is 6.08 Å². The van der Waals surface area contributed by atoms with Gasteiger partial charge in [-0.2, -0.15) is 5.26 Å². The van der Waals surface area contributed by atoms with E-state index in [0.717, 1.165) is 0 Å². The third-order valence-corrected chi connectivity index (χ3v) is 3.96. The Morgan fingerprint density at radius 1 is 1.30 bits per heavy atom. The Kier molecular flexibility index (Phi) is 3.96. The van der Waals surface area contributed by atoms with Crippen LogP contribution in [0.2, 0.25) is 0 Å². The highest BCUT2D eigenvalue weighted by Gasteiger charge is 2.08. The molecule has 0 bridgehead atoms. The van der Waals surface area contributed by atoms with Gasteiger partial charge in [0, 0.05) is 16.1 Å². The van der Waals surface area contributed by atoms with Crippen LogP contribution in [0.5, 0.6) is 0 Å². The van der Waals surface area contributed by atoms with Gasteiger partial charge in [0.05, 0.1) is 22.7 Å². The number of aromatic nitrogens is 2. The molecule has 23 heavy (non-hydrogen) atoms. The van der Waals surface area contributed by atoms with E-state index in [-0.39, 0.29) is 11.5 Å². The molecule has 112 valence electrons. The maximum atomic E-state index is 12.1. The smallest absolute Gasteiger partial charge is 0.274 e. The molecule has 2 N–H and O–H groups in total. The Bertz CT molecular complexity index is 1030. The second kappa shape index (κ2) is 6.07. The molecule has 3 aromatic rings. The second-order valence-electron chi connectivity index (χ2n) is 4.80.